The summed E-state index contributed by atoms with van der Waals surface area (Å²) in [6.45, 7) is 3.90. The Balaban J connectivity index is 2.21. The van der Waals surface area contributed by atoms with E-state index in [9.17, 15) is 10.1 Å². The molecule has 0 amide bonds. The van der Waals surface area contributed by atoms with E-state index in [4.69, 9.17) is 10.5 Å². The van der Waals surface area contributed by atoms with E-state index >= 15 is 0 Å². The fraction of sp³-hybridized carbons (Fsp3) is 0.250. The number of para-hydroxylation sites is 1. The topological polar surface area (TPSA) is 78.4 Å². The molecule has 0 saturated carbocycles. The van der Waals surface area contributed by atoms with E-state index in [0.717, 1.165) is 11.1 Å². The van der Waals surface area contributed by atoms with E-state index < -0.39 is 0 Å². The van der Waals surface area contributed by atoms with Gasteiger partial charge in [0.1, 0.15) is 12.4 Å². The molecule has 5 heteroatoms. The summed E-state index contributed by atoms with van der Waals surface area (Å²) in [4.78, 5) is 10.6. The van der Waals surface area contributed by atoms with Crippen LogP contribution in [0.25, 0.3) is 0 Å². The Hall–Kier alpha value is -2.40. The SMILES string of the molecule is Cc1c(COc2ccccc2[C@H](C)N)cccc1[N+](=O)[O-]. The van der Waals surface area contributed by atoms with Gasteiger partial charge in [-0.25, -0.2) is 0 Å². The molecule has 0 bridgehead atoms. The third kappa shape index (κ3) is 3.38. The molecular formula is C16H18N2O3. The lowest BCUT2D eigenvalue weighted by Crippen LogP contribution is -2.08. The van der Waals surface area contributed by atoms with Crippen molar-refractivity contribution in [3.8, 4) is 5.75 Å². The van der Waals surface area contributed by atoms with Gasteiger partial charge in [-0.2, -0.15) is 0 Å². The molecule has 0 heterocycles. The first-order valence-electron chi connectivity index (χ1n) is 6.71. The average molecular weight is 286 g/mol. The van der Waals surface area contributed by atoms with Gasteiger partial charge in [0.2, 0.25) is 0 Å². The van der Waals surface area contributed by atoms with Crippen LogP contribution >= 0.6 is 0 Å². The minimum atomic E-state index is -0.380. The zero-order valence-electron chi connectivity index (χ0n) is 12.1. The Morgan fingerprint density at radius 3 is 2.62 bits per heavy atom. The van der Waals surface area contributed by atoms with Crippen LogP contribution in [0.1, 0.15) is 29.7 Å². The van der Waals surface area contributed by atoms with E-state index in [1.807, 2.05) is 37.3 Å². The van der Waals surface area contributed by atoms with Crippen LogP contribution in [0, 0.1) is 17.0 Å². The van der Waals surface area contributed by atoms with Gasteiger partial charge in [-0.15, -0.1) is 0 Å². The summed E-state index contributed by atoms with van der Waals surface area (Å²) in [5, 5.41) is 10.9. The van der Waals surface area contributed by atoms with Crippen LogP contribution in [-0.2, 0) is 6.61 Å². The molecular weight excluding hydrogens is 268 g/mol. The molecule has 0 unspecified atom stereocenters. The summed E-state index contributed by atoms with van der Waals surface area (Å²) < 4.78 is 5.80. The molecule has 0 fully saturated rings. The van der Waals surface area contributed by atoms with Crippen molar-refractivity contribution in [1.82, 2.24) is 0 Å². The first kappa shape index (κ1) is 15.0. The van der Waals surface area contributed by atoms with Gasteiger partial charge in [0, 0.05) is 23.2 Å². The van der Waals surface area contributed by atoms with Crippen molar-refractivity contribution < 1.29 is 9.66 Å². The summed E-state index contributed by atoms with van der Waals surface area (Å²) in [7, 11) is 0. The van der Waals surface area contributed by atoms with E-state index in [1.54, 1.807) is 13.0 Å². The van der Waals surface area contributed by atoms with E-state index in [-0.39, 0.29) is 23.3 Å². The Labute approximate surface area is 123 Å². The first-order chi connectivity index (χ1) is 10.0. The molecule has 0 radical (unpaired) electrons. The number of nitro groups is 1. The molecule has 1 atom stereocenters. The highest BCUT2D eigenvalue weighted by molar-refractivity contribution is 5.44. The molecule has 0 aliphatic heterocycles. The quantitative estimate of drug-likeness (QED) is 0.674. The predicted octanol–water partition coefficient (Wildman–Crippen LogP) is 3.50. The van der Waals surface area contributed by atoms with E-state index in [0.29, 0.717) is 11.3 Å². The van der Waals surface area contributed by atoms with Gasteiger partial charge < -0.3 is 10.5 Å². The van der Waals surface area contributed by atoms with Gasteiger partial charge in [-0.3, -0.25) is 10.1 Å². The number of rotatable bonds is 5. The van der Waals surface area contributed by atoms with Crippen molar-refractivity contribution in [2.24, 2.45) is 5.73 Å². The highest BCUT2D eigenvalue weighted by atomic mass is 16.6. The maximum absolute atomic E-state index is 10.9. The lowest BCUT2D eigenvalue weighted by molar-refractivity contribution is -0.385. The summed E-state index contributed by atoms with van der Waals surface area (Å²) in [5.41, 5.74) is 8.35. The normalized spacial score (nSPS) is 12.0. The Bertz CT molecular complexity index is 654. The van der Waals surface area contributed by atoms with Crippen LogP contribution < -0.4 is 10.5 Å². The third-order valence-electron chi connectivity index (χ3n) is 3.41. The molecule has 2 rings (SSSR count). The minimum Gasteiger partial charge on any atom is -0.489 e. The predicted molar refractivity (Wildman–Crippen MR) is 81.2 cm³/mol. The number of benzene rings is 2. The maximum Gasteiger partial charge on any atom is 0.272 e. The summed E-state index contributed by atoms with van der Waals surface area (Å²) in [6.07, 6.45) is 0. The van der Waals surface area contributed by atoms with Crippen molar-refractivity contribution in [2.75, 3.05) is 0 Å². The number of nitrogens with zero attached hydrogens (tertiary/aromatic N) is 1. The van der Waals surface area contributed by atoms with Crippen molar-refractivity contribution in [3.63, 3.8) is 0 Å². The lowest BCUT2D eigenvalue weighted by atomic mass is 10.1. The van der Waals surface area contributed by atoms with Crippen LogP contribution in [-0.4, -0.2) is 4.92 Å². The molecule has 2 aromatic rings. The van der Waals surface area contributed by atoms with Crippen molar-refractivity contribution in [3.05, 3.63) is 69.3 Å². The Kier molecular flexibility index (Phi) is 4.55. The molecule has 0 aliphatic rings. The van der Waals surface area contributed by atoms with Crippen molar-refractivity contribution >= 4 is 5.69 Å². The maximum atomic E-state index is 10.9. The van der Waals surface area contributed by atoms with Crippen molar-refractivity contribution in [2.45, 2.75) is 26.5 Å². The van der Waals surface area contributed by atoms with Crippen LogP contribution in [0.5, 0.6) is 5.75 Å². The number of nitrogens with two attached hydrogens (primary N) is 1. The van der Waals surface area contributed by atoms with Gasteiger partial charge in [0.25, 0.3) is 5.69 Å². The van der Waals surface area contributed by atoms with Gasteiger partial charge in [-0.05, 0) is 25.5 Å². The van der Waals surface area contributed by atoms with Gasteiger partial charge in [0.15, 0.2) is 0 Å². The first-order valence-corrected chi connectivity index (χ1v) is 6.71. The van der Waals surface area contributed by atoms with E-state index in [1.165, 1.54) is 6.07 Å². The fourth-order valence-electron chi connectivity index (χ4n) is 2.17. The zero-order valence-corrected chi connectivity index (χ0v) is 12.1. The van der Waals surface area contributed by atoms with Crippen LogP contribution in [0.15, 0.2) is 42.5 Å². The van der Waals surface area contributed by atoms with E-state index in [2.05, 4.69) is 0 Å². The Morgan fingerprint density at radius 2 is 1.95 bits per heavy atom. The third-order valence-corrected chi connectivity index (χ3v) is 3.41. The fourth-order valence-corrected chi connectivity index (χ4v) is 2.17. The number of nitro benzene ring substituents is 1. The van der Waals surface area contributed by atoms with Crippen LogP contribution in [0.2, 0.25) is 0 Å². The molecule has 0 aromatic heterocycles. The number of hydrogen-bond donors (Lipinski definition) is 1. The van der Waals surface area contributed by atoms with Gasteiger partial charge in [0.05, 0.1) is 4.92 Å². The molecule has 110 valence electrons. The molecule has 2 N–H and O–H groups in total. The smallest absolute Gasteiger partial charge is 0.272 e. The monoisotopic (exact) mass is 286 g/mol. The molecule has 0 spiro atoms. The Morgan fingerprint density at radius 1 is 1.24 bits per heavy atom. The lowest BCUT2D eigenvalue weighted by Gasteiger charge is -2.14. The molecule has 0 aliphatic carbocycles. The number of ether oxygens (including phenoxy) is 1. The number of hydrogen-bond acceptors (Lipinski definition) is 4. The summed E-state index contributed by atoms with van der Waals surface area (Å²) >= 11 is 0. The average Bonchev–Trinajstić information content (AvgIpc) is 2.46. The highest BCUT2D eigenvalue weighted by Gasteiger charge is 2.14. The molecule has 5 nitrogen and oxygen atoms in total. The molecule has 0 saturated heterocycles. The highest BCUT2D eigenvalue weighted by Crippen LogP contribution is 2.26. The van der Waals surface area contributed by atoms with Crippen molar-refractivity contribution in [1.29, 1.82) is 0 Å². The minimum absolute atomic E-state index is 0.108. The molecule has 2 aromatic carbocycles. The van der Waals surface area contributed by atoms with Crippen LogP contribution in [0.3, 0.4) is 0 Å². The standard InChI is InChI=1S/C16H18N2O3/c1-11-13(6-5-8-15(11)18(19)20)10-21-16-9-4-3-7-14(16)12(2)17/h3-9,12H,10,17H2,1-2H3/t12-/m0/s1. The summed E-state index contributed by atoms with van der Waals surface area (Å²) in [6, 6.07) is 12.4. The summed E-state index contributed by atoms with van der Waals surface area (Å²) in [5.74, 6) is 0.707. The van der Waals surface area contributed by atoms with Crippen LogP contribution in [0.4, 0.5) is 5.69 Å². The largest absolute Gasteiger partial charge is 0.489 e. The van der Waals surface area contributed by atoms with Gasteiger partial charge in [-0.1, -0.05) is 30.3 Å². The second-order valence-corrected chi connectivity index (χ2v) is 4.93. The van der Waals surface area contributed by atoms with Gasteiger partial charge >= 0.3 is 0 Å². The molecule has 21 heavy (non-hydrogen) atoms. The zero-order chi connectivity index (χ0) is 15.4. The second-order valence-electron chi connectivity index (χ2n) is 4.93. The second kappa shape index (κ2) is 6.37.